The van der Waals surface area contributed by atoms with E-state index in [0.29, 0.717) is 22.4 Å². The number of hydrogen-bond donors (Lipinski definition) is 0. The predicted octanol–water partition coefficient (Wildman–Crippen LogP) is 3.63. The number of carbonyl (C=O) groups is 1. The molecule has 0 amide bonds. The number of halogens is 1. The van der Waals surface area contributed by atoms with Crippen LogP contribution in [0.3, 0.4) is 0 Å². The van der Waals surface area contributed by atoms with E-state index in [1.807, 2.05) is 6.07 Å². The van der Waals surface area contributed by atoms with Crippen LogP contribution in [0.5, 0.6) is 5.75 Å². The maximum atomic E-state index is 13.1. The standard InChI is InChI=1S/C17H14FNO2/c1-11-9-12(18)7-8-13(11)17(20)15(10-19)14-5-3-4-6-16(14)21-2/h3-9,15H,1-2H3. The number of carbonyl (C=O) groups excluding carboxylic acids is 1. The molecule has 4 heteroatoms. The average Bonchev–Trinajstić information content (AvgIpc) is 2.48. The first-order valence-electron chi connectivity index (χ1n) is 6.41. The van der Waals surface area contributed by atoms with Crippen LogP contribution >= 0.6 is 0 Å². The molecule has 2 aromatic carbocycles. The van der Waals surface area contributed by atoms with Crippen molar-refractivity contribution < 1.29 is 13.9 Å². The third kappa shape index (κ3) is 2.92. The van der Waals surface area contributed by atoms with Crippen molar-refractivity contribution in [3.63, 3.8) is 0 Å². The van der Waals surface area contributed by atoms with Gasteiger partial charge in [0.1, 0.15) is 17.5 Å². The first-order chi connectivity index (χ1) is 10.1. The summed E-state index contributed by atoms with van der Waals surface area (Å²) >= 11 is 0. The van der Waals surface area contributed by atoms with Gasteiger partial charge in [-0.3, -0.25) is 4.79 Å². The second-order valence-electron chi connectivity index (χ2n) is 4.63. The highest BCUT2D eigenvalue weighted by atomic mass is 19.1. The summed E-state index contributed by atoms with van der Waals surface area (Å²) in [5.74, 6) is -1.27. The number of methoxy groups -OCH3 is 1. The summed E-state index contributed by atoms with van der Waals surface area (Å²) in [5, 5.41) is 9.38. The Morgan fingerprint density at radius 2 is 2.00 bits per heavy atom. The first-order valence-corrected chi connectivity index (χ1v) is 6.41. The molecule has 0 radical (unpaired) electrons. The number of nitrogens with zero attached hydrogens (tertiary/aromatic N) is 1. The Bertz CT molecular complexity index is 719. The van der Waals surface area contributed by atoms with Crippen LogP contribution in [0.4, 0.5) is 4.39 Å². The van der Waals surface area contributed by atoms with Gasteiger partial charge in [-0.2, -0.15) is 5.26 Å². The van der Waals surface area contributed by atoms with Crippen LogP contribution in [0.2, 0.25) is 0 Å². The molecule has 0 spiro atoms. The Balaban J connectivity index is 2.46. The first kappa shape index (κ1) is 14.7. The fourth-order valence-electron chi connectivity index (χ4n) is 2.23. The Morgan fingerprint density at radius 1 is 1.29 bits per heavy atom. The molecule has 0 saturated heterocycles. The van der Waals surface area contributed by atoms with Crippen molar-refractivity contribution in [2.45, 2.75) is 12.8 Å². The van der Waals surface area contributed by atoms with Gasteiger partial charge in [0.2, 0.25) is 0 Å². The number of aryl methyl sites for hydroxylation is 1. The van der Waals surface area contributed by atoms with Crippen LogP contribution in [-0.4, -0.2) is 12.9 Å². The number of rotatable bonds is 4. The van der Waals surface area contributed by atoms with Crippen molar-refractivity contribution in [1.29, 1.82) is 5.26 Å². The lowest BCUT2D eigenvalue weighted by Crippen LogP contribution is -2.13. The Morgan fingerprint density at radius 3 is 2.62 bits per heavy atom. The molecule has 0 aliphatic carbocycles. The van der Waals surface area contributed by atoms with Crippen LogP contribution in [0.15, 0.2) is 42.5 Å². The van der Waals surface area contributed by atoms with Gasteiger partial charge in [-0.1, -0.05) is 18.2 Å². The Hall–Kier alpha value is -2.67. The molecule has 21 heavy (non-hydrogen) atoms. The second-order valence-corrected chi connectivity index (χ2v) is 4.63. The smallest absolute Gasteiger partial charge is 0.184 e. The number of ether oxygens (including phenoxy) is 1. The summed E-state index contributed by atoms with van der Waals surface area (Å²) in [6.07, 6.45) is 0. The van der Waals surface area contributed by atoms with Crippen molar-refractivity contribution in [2.24, 2.45) is 0 Å². The van der Waals surface area contributed by atoms with Crippen LogP contribution in [0.25, 0.3) is 0 Å². The van der Waals surface area contributed by atoms with E-state index in [4.69, 9.17) is 4.74 Å². The van der Waals surface area contributed by atoms with E-state index < -0.39 is 11.7 Å². The molecule has 0 saturated carbocycles. The SMILES string of the molecule is COc1ccccc1C(C#N)C(=O)c1ccc(F)cc1C. The zero-order chi connectivity index (χ0) is 15.4. The monoisotopic (exact) mass is 283 g/mol. The van der Waals surface area contributed by atoms with Crippen molar-refractivity contribution in [3.8, 4) is 11.8 Å². The minimum atomic E-state index is -0.981. The number of Topliss-reactive ketones (excluding diaryl/α,β-unsaturated/α-hetero) is 1. The molecule has 0 heterocycles. The summed E-state index contributed by atoms with van der Waals surface area (Å²) in [7, 11) is 1.49. The molecule has 3 nitrogen and oxygen atoms in total. The maximum absolute atomic E-state index is 13.1. The van der Waals surface area contributed by atoms with E-state index in [1.165, 1.54) is 25.3 Å². The van der Waals surface area contributed by atoms with E-state index in [1.54, 1.807) is 31.2 Å². The molecule has 1 unspecified atom stereocenters. The van der Waals surface area contributed by atoms with Gasteiger partial charge in [-0.15, -0.1) is 0 Å². The Labute approximate surface area is 122 Å². The van der Waals surface area contributed by atoms with Gasteiger partial charge in [-0.25, -0.2) is 4.39 Å². The third-order valence-electron chi connectivity index (χ3n) is 3.30. The fraction of sp³-hybridized carbons (Fsp3) is 0.176. The van der Waals surface area contributed by atoms with Crippen molar-refractivity contribution >= 4 is 5.78 Å². The topological polar surface area (TPSA) is 50.1 Å². The van der Waals surface area contributed by atoms with Crippen molar-refractivity contribution in [3.05, 3.63) is 65.0 Å². The highest BCUT2D eigenvalue weighted by Crippen LogP contribution is 2.29. The lowest BCUT2D eigenvalue weighted by Gasteiger charge is -2.14. The van der Waals surface area contributed by atoms with Crippen LogP contribution in [0, 0.1) is 24.1 Å². The lowest BCUT2D eigenvalue weighted by molar-refractivity contribution is 0.0977. The molecule has 2 aromatic rings. The summed E-state index contributed by atoms with van der Waals surface area (Å²) in [5.41, 5.74) is 1.36. The quantitative estimate of drug-likeness (QED) is 0.805. The zero-order valence-corrected chi connectivity index (χ0v) is 11.8. The van der Waals surface area contributed by atoms with Gasteiger partial charge >= 0.3 is 0 Å². The summed E-state index contributed by atoms with van der Waals surface area (Å²) in [4.78, 5) is 12.6. The van der Waals surface area contributed by atoms with Gasteiger partial charge in [0, 0.05) is 11.1 Å². The molecule has 0 aliphatic heterocycles. The van der Waals surface area contributed by atoms with Gasteiger partial charge in [0.05, 0.1) is 13.2 Å². The number of hydrogen-bond acceptors (Lipinski definition) is 3. The molecular formula is C17H14FNO2. The molecule has 0 aromatic heterocycles. The van der Waals surface area contributed by atoms with E-state index >= 15 is 0 Å². The highest BCUT2D eigenvalue weighted by molar-refractivity contribution is 6.04. The number of benzene rings is 2. The number of para-hydroxylation sites is 1. The molecule has 2 rings (SSSR count). The van der Waals surface area contributed by atoms with Crippen LogP contribution in [0.1, 0.15) is 27.4 Å². The lowest BCUT2D eigenvalue weighted by atomic mass is 9.89. The summed E-state index contributed by atoms with van der Waals surface area (Å²) < 4.78 is 18.3. The molecular weight excluding hydrogens is 269 g/mol. The molecule has 0 bridgehead atoms. The highest BCUT2D eigenvalue weighted by Gasteiger charge is 2.25. The summed E-state index contributed by atoms with van der Waals surface area (Å²) in [6, 6.07) is 12.8. The summed E-state index contributed by atoms with van der Waals surface area (Å²) in [6.45, 7) is 1.65. The molecule has 0 N–H and O–H groups in total. The van der Waals surface area contributed by atoms with Crippen molar-refractivity contribution in [1.82, 2.24) is 0 Å². The Kier molecular flexibility index (Phi) is 4.34. The minimum Gasteiger partial charge on any atom is -0.496 e. The van der Waals surface area contributed by atoms with E-state index in [2.05, 4.69) is 0 Å². The van der Waals surface area contributed by atoms with Gasteiger partial charge < -0.3 is 4.74 Å². The minimum absolute atomic E-state index is 0.342. The van der Waals surface area contributed by atoms with Crippen LogP contribution < -0.4 is 4.74 Å². The fourth-order valence-corrected chi connectivity index (χ4v) is 2.23. The van der Waals surface area contributed by atoms with E-state index in [-0.39, 0.29) is 5.78 Å². The third-order valence-corrected chi connectivity index (χ3v) is 3.30. The zero-order valence-electron chi connectivity index (χ0n) is 11.8. The largest absolute Gasteiger partial charge is 0.496 e. The van der Waals surface area contributed by atoms with Crippen molar-refractivity contribution in [2.75, 3.05) is 7.11 Å². The van der Waals surface area contributed by atoms with Gasteiger partial charge in [0.15, 0.2) is 5.78 Å². The molecule has 0 fully saturated rings. The van der Waals surface area contributed by atoms with E-state index in [0.717, 1.165) is 0 Å². The normalized spacial score (nSPS) is 11.5. The predicted molar refractivity (Wildman–Crippen MR) is 76.8 cm³/mol. The molecule has 106 valence electrons. The molecule has 1 atom stereocenters. The molecule has 0 aliphatic rings. The average molecular weight is 283 g/mol. The number of ketones is 1. The van der Waals surface area contributed by atoms with Gasteiger partial charge in [-0.05, 0) is 36.8 Å². The van der Waals surface area contributed by atoms with Crippen LogP contribution in [-0.2, 0) is 0 Å². The number of nitriles is 1. The van der Waals surface area contributed by atoms with E-state index in [9.17, 15) is 14.4 Å². The van der Waals surface area contributed by atoms with Gasteiger partial charge in [0.25, 0.3) is 0 Å². The second kappa shape index (κ2) is 6.19. The maximum Gasteiger partial charge on any atom is 0.184 e.